The molecule has 2 aromatic rings. The number of hydrogen-bond donors (Lipinski definition) is 0. The summed E-state index contributed by atoms with van der Waals surface area (Å²) in [6, 6.07) is 14.7. The lowest BCUT2D eigenvalue weighted by Gasteiger charge is -2.23. The minimum Gasteiger partial charge on any atom is -0.494 e. The number of hydrogen-bond acceptors (Lipinski definition) is 4. The lowest BCUT2D eigenvalue weighted by molar-refractivity contribution is 0.0600. The molecule has 26 heavy (non-hydrogen) atoms. The van der Waals surface area contributed by atoms with Gasteiger partial charge in [0.05, 0.1) is 19.3 Å². The van der Waals surface area contributed by atoms with Crippen molar-refractivity contribution in [3.05, 3.63) is 71.8 Å². The third-order valence-corrected chi connectivity index (χ3v) is 3.91. The smallest absolute Gasteiger partial charge is 0.337 e. The number of halogens is 2. The second-order valence-electron chi connectivity index (χ2n) is 5.43. The van der Waals surface area contributed by atoms with Gasteiger partial charge in [0, 0.05) is 23.8 Å². The van der Waals surface area contributed by atoms with Crippen LogP contribution in [0.15, 0.2) is 61.2 Å². The van der Waals surface area contributed by atoms with Crippen LogP contribution in [0, 0.1) is 0 Å². The predicted octanol–water partition coefficient (Wildman–Crippen LogP) is 5.01. The molecule has 0 heterocycles. The van der Waals surface area contributed by atoms with Crippen molar-refractivity contribution in [1.82, 2.24) is 0 Å². The standard InChI is InChI=1S/C20H22ClNO3.ClH/c1-3-13-22(18-9-7-17(21)8-10-18)14-4-15-25-19-11-5-16(6-12-19)20(23)24-2;/h3,5-12H,1,4,13-15H2,2H3;1H. The second-order valence-corrected chi connectivity index (χ2v) is 5.87. The Kier molecular flexibility index (Phi) is 9.63. The van der Waals surface area contributed by atoms with Crippen molar-refractivity contribution in [2.75, 3.05) is 31.7 Å². The molecule has 0 aliphatic carbocycles. The zero-order chi connectivity index (χ0) is 18.1. The van der Waals surface area contributed by atoms with Gasteiger partial charge < -0.3 is 14.4 Å². The van der Waals surface area contributed by atoms with E-state index in [1.807, 2.05) is 30.3 Å². The molecule has 0 spiro atoms. The zero-order valence-electron chi connectivity index (χ0n) is 14.7. The van der Waals surface area contributed by atoms with E-state index in [-0.39, 0.29) is 18.4 Å². The fourth-order valence-corrected chi connectivity index (χ4v) is 2.51. The third-order valence-electron chi connectivity index (χ3n) is 3.66. The molecular weight excluding hydrogens is 373 g/mol. The Morgan fingerprint density at radius 2 is 1.81 bits per heavy atom. The molecular formula is C20H23Cl2NO3. The first-order chi connectivity index (χ1) is 12.1. The normalized spacial score (nSPS) is 9.77. The highest BCUT2D eigenvalue weighted by atomic mass is 35.5. The molecule has 0 radical (unpaired) electrons. The Morgan fingerprint density at radius 3 is 2.38 bits per heavy atom. The van der Waals surface area contributed by atoms with E-state index in [1.54, 1.807) is 24.3 Å². The molecule has 2 rings (SSSR count). The number of methoxy groups -OCH3 is 1. The van der Waals surface area contributed by atoms with Crippen molar-refractivity contribution in [3.63, 3.8) is 0 Å². The van der Waals surface area contributed by atoms with Crippen LogP contribution in [-0.4, -0.2) is 32.8 Å². The topological polar surface area (TPSA) is 38.8 Å². The van der Waals surface area contributed by atoms with Crippen LogP contribution in [0.25, 0.3) is 0 Å². The average molecular weight is 396 g/mol. The number of carbonyl (C=O) groups is 1. The fraction of sp³-hybridized carbons (Fsp3) is 0.250. The summed E-state index contributed by atoms with van der Waals surface area (Å²) in [5, 5.41) is 0.723. The summed E-state index contributed by atoms with van der Waals surface area (Å²) in [7, 11) is 1.36. The maximum absolute atomic E-state index is 11.4. The van der Waals surface area contributed by atoms with Crippen molar-refractivity contribution in [2.45, 2.75) is 6.42 Å². The molecule has 0 atom stereocenters. The number of nitrogens with zero attached hydrogens (tertiary/aromatic N) is 1. The van der Waals surface area contributed by atoms with Gasteiger partial charge in [0.1, 0.15) is 5.75 Å². The summed E-state index contributed by atoms with van der Waals surface area (Å²) in [4.78, 5) is 13.6. The zero-order valence-corrected chi connectivity index (χ0v) is 16.3. The quantitative estimate of drug-likeness (QED) is 0.339. The van der Waals surface area contributed by atoms with Gasteiger partial charge in [-0.1, -0.05) is 17.7 Å². The van der Waals surface area contributed by atoms with Crippen molar-refractivity contribution < 1.29 is 14.3 Å². The van der Waals surface area contributed by atoms with Crippen molar-refractivity contribution in [3.8, 4) is 5.75 Å². The van der Waals surface area contributed by atoms with E-state index in [1.165, 1.54) is 7.11 Å². The minimum absolute atomic E-state index is 0. The molecule has 2 aromatic carbocycles. The molecule has 6 heteroatoms. The van der Waals surface area contributed by atoms with Gasteiger partial charge in [-0.25, -0.2) is 4.79 Å². The van der Waals surface area contributed by atoms with E-state index in [4.69, 9.17) is 16.3 Å². The van der Waals surface area contributed by atoms with Gasteiger partial charge in [0.2, 0.25) is 0 Å². The minimum atomic E-state index is -0.352. The van der Waals surface area contributed by atoms with Crippen LogP contribution in [0.4, 0.5) is 5.69 Å². The van der Waals surface area contributed by atoms with Crippen LogP contribution in [0.2, 0.25) is 5.02 Å². The Morgan fingerprint density at radius 1 is 1.15 bits per heavy atom. The first-order valence-corrected chi connectivity index (χ1v) is 8.44. The number of esters is 1. The average Bonchev–Trinajstić information content (AvgIpc) is 2.65. The summed E-state index contributed by atoms with van der Waals surface area (Å²) >= 11 is 5.94. The monoisotopic (exact) mass is 395 g/mol. The Labute approximate surface area is 165 Å². The predicted molar refractivity (Wildman–Crippen MR) is 109 cm³/mol. The van der Waals surface area contributed by atoms with Crippen molar-refractivity contribution in [2.24, 2.45) is 0 Å². The van der Waals surface area contributed by atoms with Gasteiger partial charge in [-0.3, -0.25) is 0 Å². The van der Waals surface area contributed by atoms with E-state index in [0.717, 1.165) is 36.0 Å². The number of carbonyl (C=O) groups excluding carboxylic acids is 1. The van der Waals surface area contributed by atoms with Gasteiger partial charge in [-0.05, 0) is 55.0 Å². The lowest BCUT2D eigenvalue weighted by atomic mass is 10.2. The van der Waals surface area contributed by atoms with Crippen molar-refractivity contribution in [1.29, 1.82) is 0 Å². The SMILES string of the molecule is C=CCN(CCCOc1ccc(C(=O)OC)cc1)c1ccc(Cl)cc1.Cl. The highest BCUT2D eigenvalue weighted by Gasteiger charge is 2.06. The van der Waals surface area contributed by atoms with Crippen LogP contribution in [0.5, 0.6) is 5.75 Å². The van der Waals surface area contributed by atoms with Crippen LogP contribution >= 0.6 is 24.0 Å². The summed E-state index contributed by atoms with van der Waals surface area (Å²) in [5.41, 5.74) is 1.61. The summed E-state index contributed by atoms with van der Waals surface area (Å²) in [6.45, 7) is 5.99. The molecule has 4 nitrogen and oxygen atoms in total. The van der Waals surface area contributed by atoms with Crippen LogP contribution in [-0.2, 0) is 4.74 Å². The summed E-state index contributed by atoms with van der Waals surface area (Å²) in [6.07, 6.45) is 2.73. The van der Waals surface area contributed by atoms with E-state index in [9.17, 15) is 4.79 Å². The van der Waals surface area contributed by atoms with Gasteiger partial charge in [-0.2, -0.15) is 0 Å². The maximum atomic E-state index is 11.4. The highest BCUT2D eigenvalue weighted by Crippen LogP contribution is 2.18. The van der Waals surface area contributed by atoms with Gasteiger partial charge in [0.25, 0.3) is 0 Å². The van der Waals surface area contributed by atoms with Gasteiger partial charge >= 0.3 is 5.97 Å². The molecule has 0 saturated heterocycles. The molecule has 0 aliphatic heterocycles. The van der Waals surface area contributed by atoms with Crippen LogP contribution in [0.3, 0.4) is 0 Å². The van der Waals surface area contributed by atoms with E-state index < -0.39 is 0 Å². The first-order valence-electron chi connectivity index (χ1n) is 8.06. The number of benzene rings is 2. The van der Waals surface area contributed by atoms with Crippen LogP contribution in [0.1, 0.15) is 16.8 Å². The molecule has 0 aliphatic rings. The molecule has 0 unspecified atom stereocenters. The first kappa shape index (κ1) is 21.9. The van der Waals surface area contributed by atoms with Crippen LogP contribution < -0.4 is 9.64 Å². The highest BCUT2D eigenvalue weighted by molar-refractivity contribution is 6.30. The van der Waals surface area contributed by atoms with Gasteiger partial charge in [-0.15, -0.1) is 19.0 Å². The largest absolute Gasteiger partial charge is 0.494 e. The van der Waals surface area contributed by atoms with E-state index >= 15 is 0 Å². The van der Waals surface area contributed by atoms with Crippen molar-refractivity contribution >= 4 is 35.7 Å². The maximum Gasteiger partial charge on any atom is 0.337 e. The molecule has 0 bridgehead atoms. The summed E-state index contributed by atoms with van der Waals surface area (Å²) < 4.78 is 10.4. The van der Waals surface area contributed by atoms with E-state index in [0.29, 0.717) is 12.2 Å². The summed E-state index contributed by atoms with van der Waals surface area (Å²) in [5.74, 6) is 0.379. The molecule has 0 fully saturated rings. The Bertz CT molecular complexity index is 687. The molecule has 0 saturated carbocycles. The van der Waals surface area contributed by atoms with Gasteiger partial charge in [0.15, 0.2) is 0 Å². The fourth-order valence-electron chi connectivity index (χ4n) is 2.38. The third kappa shape index (κ3) is 6.62. The molecule has 0 amide bonds. The number of ether oxygens (including phenoxy) is 2. The number of anilines is 1. The van der Waals surface area contributed by atoms with E-state index in [2.05, 4.69) is 16.2 Å². The second kappa shape index (κ2) is 11.4. The molecule has 0 aromatic heterocycles. The lowest BCUT2D eigenvalue weighted by Crippen LogP contribution is -2.25. The Hall–Kier alpha value is -2.17. The molecule has 0 N–H and O–H groups in total. The molecule has 140 valence electrons. The number of rotatable bonds is 9. The Balaban J connectivity index is 0.00000338.